The first-order chi connectivity index (χ1) is 31.4. The van der Waals surface area contributed by atoms with Gasteiger partial charge in [-0.15, -0.1) is 22.1 Å². The van der Waals surface area contributed by atoms with Gasteiger partial charge < -0.3 is 14.7 Å². The van der Waals surface area contributed by atoms with Gasteiger partial charge in [-0.2, -0.15) is 0 Å². The van der Waals surface area contributed by atoms with E-state index in [1.807, 2.05) is 0 Å². The van der Waals surface area contributed by atoms with E-state index >= 15 is 0 Å². The molecule has 2 aliphatic rings. The van der Waals surface area contributed by atoms with Crippen molar-refractivity contribution < 1.29 is 29.0 Å². The van der Waals surface area contributed by atoms with Gasteiger partial charge in [-0.05, 0) is 203 Å². The first kappa shape index (κ1) is 48.4. The fraction of sp³-hybridized carbons (Fsp3) is 0.233. The van der Waals surface area contributed by atoms with Gasteiger partial charge in [0.2, 0.25) is 0 Å². The van der Waals surface area contributed by atoms with E-state index in [9.17, 15) is 4.79 Å². The summed E-state index contributed by atoms with van der Waals surface area (Å²) >= 11 is 0. The second-order valence-electron chi connectivity index (χ2n) is 18.3. The van der Waals surface area contributed by atoms with Crippen LogP contribution >= 0.6 is 0 Å². The molecule has 0 atom stereocenters. The number of aryl methyl sites for hydroxylation is 12. The predicted molar refractivity (Wildman–Crippen MR) is 277 cm³/mol. The number of aromatic nitrogens is 4. The van der Waals surface area contributed by atoms with Crippen LogP contribution in [0.4, 0.5) is 0 Å². The van der Waals surface area contributed by atoms with Crippen LogP contribution in [0.5, 0.6) is 0 Å². The van der Waals surface area contributed by atoms with Crippen LogP contribution in [-0.2, 0) is 29.0 Å². The van der Waals surface area contributed by atoms with Crippen molar-refractivity contribution >= 4 is 52.3 Å². The Balaban J connectivity index is 0.000000894. The van der Waals surface area contributed by atoms with Gasteiger partial charge in [-0.25, -0.2) is 9.97 Å². The van der Waals surface area contributed by atoms with Crippen LogP contribution in [0.15, 0.2) is 72.8 Å². The van der Waals surface area contributed by atoms with Crippen molar-refractivity contribution in [3.05, 3.63) is 169 Å². The van der Waals surface area contributed by atoms with Gasteiger partial charge >= 0.3 is 19.5 Å². The van der Waals surface area contributed by atoms with Gasteiger partial charge in [-0.3, -0.25) is 11.7 Å². The number of ether oxygens (including phenoxy) is 1. The van der Waals surface area contributed by atoms with Crippen molar-refractivity contribution in [1.82, 2.24) is 19.9 Å². The van der Waals surface area contributed by atoms with Gasteiger partial charge in [0.15, 0.2) is 5.97 Å². The fourth-order valence-electron chi connectivity index (χ4n) is 10.6. The summed E-state index contributed by atoms with van der Waals surface area (Å²) in [5, 5.41) is 0. The molecule has 2 aliphatic heterocycles. The van der Waals surface area contributed by atoms with E-state index in [1.165, 1.54) is 66.8 Å². The predicted octanol–water partition coefficient (Wildman–Crippen LogP) is 14.7. The standard InChI is InChI=1S/C56H52N4.C4H7O2.Rh/c1-29-21-33(5)49(34(6)22-29)53-41-13-15-43(57-41)54(50-35(7)23-30(2)24-36(50)8)45-17-19-47(59-45)56(52-39(11)27-32(4)28-40(52)12)48-20-18-46(60-48)55(44-16-14-42(53)58-44)51-37(9)25-31(3)26-38(51)10;1-3-6-4(2)5;/h13-28H,1-12H3;2-3H2,1H3;/q-2;-1;+3. The van der Waals surface area contributed by atoms with E-state index in [-0.39, 0.29) is 19.5 Å². The van der Waals surface area contributed by atoms with Crippen molar-refractivity contribution in [3.8, 4) is 44.5 Å². The zero-order chi connectivity index (χ0) is 47.3. The van der Waals surface area contributed by atoms with Crippen LogP contribution in [0.3, 0.4) is 0 Å². The van der Waals surface area contributed by atoms with Gasteiger partial charge in [0.1, 0.15) is 0 Å². The van der Waals surface area contributed by atoms with Gasteiger partial charge in [0.05, 0.1) is 29.4 Å². The van der Waals surface area contributed by atoms with E-state index in [0.717, 1.165) is 89.4 Å². The molecule has 6 nitrogen and oxygen atoms in total. The van der Waals surface area contributed by atoms with E-state index in [4.69, 9.17) is 19.9 Å². The minimum atomic E-state index is -0.461. The number of carbonyl (C=O) groups is 1. The van der Waals surface area contributed by atoms with Crippen molar-refractivity contribution in [2.75, 3.05) is 6.61 Å². The van der Waals surface area contributed by atoms with Crippen LogP contribution in [0.2, 0.25) is 0 Å². The molecule has 67 heavy (non-hydrogen) atoms. The van der Waals surface area contributed by atoms with Crippen LogP contribution in [-0.4, -0.2) is 22.5 Å². The third-order valence-electron chi connectivity index (χ3n) is 12.6. The number of carbonyl (C=O) groups excluding carboxylic acids is 1. The Hall–Kier alpha value is -6.56. The molecule has 0 aliphatic carbocycles. The Bertz CT molecular complexity index is 2860. The Labute approximate surface area is 409 Å². The van der Waals surface area contributed by atoms with Crippen molar-refractivity contribution in [3.63, 3.8) is 0 Å². The van der Waals surface area contributed by atoms with Gasteiger partial charge in [-0.1, -0.05) is 95.1 Å². The zero-order valence-electron chi connectivity index (χ0n) is 41.1. The smallest absolute Gasteiger partial charge is 0.657 e. The number of benzene rings is 4. The van der Waals surface area contributed by atoms with Crippen molar-refractivity contribution in [2.45, 2.75) is 90.0 Å². The van der Waals surface area contributed by atoms with Crippen LogP contribution in [0.1, 0.15) is 96.5 Å². The topological polar surface area (TPSA) is 80.3 Å². The normalized spacial score (nSPS) is 11.6. The second-order valence-corrected chi connectivity index (χ2v) is 18.3. The molecule has 4 aromatic carbocycles. The molecule has 0 unspecified atom stereocenters. The maximum atomic E-state index is 9.71. The first-order valence-corrected chi connectivity index (χ1v) is 22.8. The average Bonchev–Trinajstić information content (AvgIpc) is 4.06. The minimum absolute atomic E-state index is 0. The third-order valence-corrected chi connectivity index (χ3v) is 12.6. The maximum absolute atomic E-state index is 9.71. The third kappa shape index (κ3) is 9.40. The average molecular weight is 971 g/mol. The molecule has 340 valence electrons. The maximum Gasteiger partial charge on any atom is 3.00 e. The summed E-state index contributed by atoms with van der Waals surface area (Å²) < 4.78 is 4.29. The molecule has 9 rings (SSSR count). The summed E-state index contributed by atoms with van der Waals surface area (Å²) in [7, 11) is 0. The SMILES string of the molecule is Cc1cc(C)c(-c2c3nc(c(-c4c(C)cc(C)cc4C)c4ccc([n-]4)c(-c4c(C)cc(C)cc4C)c4nc(c(-c5c(C)cc(C)cc5C)c5ccc2[n-]5)C=C4)C=C3)c(C)c1.[CH2-]C(=O)OCC.[Rh+3]. The molecule has 0 spiro atoms. The number of fused-ring (bicyclic) bond motifs is 8. The van der Waals surface area contributed by atoms with Crippen LogP contribution < -0.4 is 9.97 Å². The number of hydrogen-bond acceptors (Lipinski definition) is 4. The first-order valence-electron chi connectivity index (χ1n) is 22.8. The van der Waals surface area contributed by atoms with E-state index in [0.29, 0.717) is 6.61 Å². The second kappa shape index (κ2) is 19.3. The number of hydrogen-bond donors (Lipinski definition) is 0. The number of esters is 1. The Morgan fingerprint density at radius 1 is 0.418 bits per heavy atom. The Kier molecular flexibility index (Phi) is 14.0. The molecule has 3 aromatic heterocycles. The summed E-state index contributed by atoms with van der Waals surface area (Å²) in [5.41, 5.74) is 30.4. The summed E-state index contributed by atoms with van der Waals surface area (Å²) in [6, 6.07) is 26.9. The number of nitrogens with zero attached hydrogens (tertiary/aromatic N) is 4. The molecule has 7 heteroatoms. The molecular formula is C60H59N4O2Rh. The van der Waals surface area contributed by atoms with Crippen molar-refractivity contribution in [1.29, 1.82) is 0 Å². The molecule has 0 fully saturated rings. The molecule has 5 heterocycles. The van der Waals surface area contributed by atoms with E-state index in [2.05, 4.69) is 192 Å². The van der Waals surface area contributed by atoms with Crippen molar-refractivity contribution in [2.24, 2.45) is 0 Å². The summed E-state index contributed by atoms with van der Waals surface area (Å²) in [5.74, 6) is -0.461. The molecular weight excluding hydrogens is 912 g/mol. The summed E-state index contributed by atoms with van der Waals surface area (Å²) in [4.78, 5) is 32.1. The van der Waals surface area contributed by atoms with Gasteiger partial charge in [0, 0.05) is 0 Å². The molecule has 0 radical (unpaired) electrons. The molecule has 0 amide bonds. The number of rotatable bonds is 5. The van der Waals surface area contributed by atoms with E-state index < -0.39 is 5.97 Å². The zero-order valence-corrected chi connectivity index (χ0v) is 42.7. The van der Waals surface area contributed by atoms with Crippen LogP contribution in [0, 0.1) is 90.0 Å². The molecule has 0 N–H and O–H groups in total. The molecule has 8 bridgehead atoms. The van der Waals surface area contributed by atoms with Crippen LogP contribution in [0.25, 0.3) is 90.9 Å². The quantitative estimate of drug-likeness (QED) is 0.0971. The monoisotopic (exact) mass is 970 g/mol. The molecule has 0 saturated carbocycles. The Morgan fingerprint density at radius 2 is 0.627 bits per heavy atom. The molecule has 0 saturated heterocycles. The fourth-order valence-corrected chi connectivity index (χ4v) is 10.6. The van der Waals surface area contributed by atoms with E-state index in [1.54, 1.807) is 6.92 Å². The molecule has 7 aromatic rings. The summed E-state index contributed by atoms with van der Waals surface area (Å²) in [6.07, 6.45) is 8.72. The largest absolute Gasteiger partial charge is 3.00 e. The Morgan fingerprint density at radius 3 is 0.791 bits per heavy atom. The minimum Gasteiger partial charge on any atom is -0.657 e. The summed E-state index contributed by atoms with van der Waals surface area (Å²) in [6.45, 7) is 31.4. The van der Waals surface area contributed by atoms with Gasteiger partial charge in [0.25, 0.3) is 0 Å².